The van der Waals surface area contributed by atoms with Crippen LogP contribution in [0.3, 0.4) is 0 Å². The number of carbonyl (C=O) groups is 2. The van der Waals surface area contributed by atoms with E-state index >= 15 is 0 Å². The first kappa shape index (κ1) is 16.1. The number of hydrogen-bond acceptors (Lipinski definition) is 4. The van der Waals surface area contributed by atoms with Gasteiger partial charge in [-0.25, -0.2) is 9.59 Å². The molecule has 22 heavy (non-hydrogen) atoms. The number of amides is 2. The summed E-state index contributed by atoms with van der Waals surface area (Å²) in [6, 6.07) is 5.37. The van der Waals surface area contributed by atoms with Crippen LogP contribution in [0.25, 0.3) is 0 Å². The summed E-state index contributed by atoms with van der Waals surface area (Å²) >= 11 is 0. The SMILES string of the molecule is CNC(=O)Oc1ccc2c(c1)CCC2NC(=O)OC(C)(C)C. The van der Waals surface area contributed by atoms with Crippen molar-refractivity contribution in [3.8, 4) is 5.75 Å². The van der Waals surface area contributed by atoms with E-state index in [-0.39, 0.29) is 6.04 Å². The molecule has 0 fully saturated rings. The molecule has 1 aromatic carbocycles. The quantitative estimate of drug-likeness (QED) is 0.881. The molecule has 2 amide bonds. The molecule has 2 N–H and O–H groups in total. The lowest BCUT2D eigenvalue weighted by molar-refractivity contribution is 0.0503. The Kier molecular flexibility index (Phi) is 4.59. The molecule has 1 unspecified atom stereocenters. The van der Waals surface area contributed by atoms with Crippen molar-refractivity contribution in [3.63, 3.8) is 0 Å². The van der Waals surface area contributed by atoms with Crippen LogP contribution < -0.4 is 15.4 Å². The van der Waals surface area contributed by atoms with Crippen molar-refractivity contribution in [1.29, 1.82) is 0 Å². The normalized spacial score (nSPS) is 16.6. The molecule has 0 radical (unpaired) electrons. The average molecular weight is 306 g/mol. The number of fused-ring (bicyclic) bond motifs is 1. The minimum atomic E-state index is -0.517. The van der Waals surface area contributed by atoms with E-state index in [0.29, 0.717) is 5.75 Å². The van der Waals surface area contributed by atoms with Crippen LogP contribution in [-0.4, -0.2) is 24.8 Å². The maximum absolute atomic E-state index is 11.9. The van der Waals surface area contributed by atoms with Gasteiger partial charge in [0.25, 0.3) is 0 Å². The Hall–Kier alpha value is -2.24. The minimum Gasteiger partial charge on any atom is -0.444 e. The highest BCUT2D eigenvalue weighted by Crippen LogP contribution is 2.33. The zero-order chi connectivity index (χ0) is 16.3. The van der Waals surface area contributed by atoms with Crippen molar-refractivity contribution in [2.45, 2.75) is 45.3 Å². The molecule has 0 bridgehead atoms. The Morgan fingerprint density at radius 2 is 1.95 bits per heavy atom. The number of aryl methyl sites for hydroxylation is 1. The molecule has 0 saturated carbocycles. The third-order valence-electron chi connectivity index (χ3n) is 3.30. The maximum Gasteiger partial charge on any atom is 0.412 e. The van der Waals surface area contributed by atoms with Crippen LogP contribution in [0.2, 0.25) is 0 Å². The number of carbonyl (C=O) groups excluding carboxylic acids is 2. The zero-order valence-electron chi connectivity index (χ0n) is 13.4. The Balaban J connectivity index is 2.03. The van der Waals surface area contributed by atoms with Gasteiger partial charge in [0.2, 0.25) is 0 Å². The average Bonchev–Trinajstić information content (AvgIpc) is 2.79. The highest BCUT2D eigenvalue weighted by Gasteiger charge is 2.26. The van der Waals surface area contributed by atoms with Crippen LogP contribution in [0.5, 0.6) is 5.75 Å². The standard InChI is InChI=1S/C16H22N2O4/c1-16(2,3)22-15(20)18-13-8-5-10-9-11(6-7-12(10)13)21-14(19)17-4/h6-7,9,13H,5,8H2,1-4H3,(H,17,19)(H,18,20). The number of ether oxygens (including phenoxy) is 2. The smallest absolute Gasteiger partial charge is 0.412 e. The van der Waals surface area contributed by atoms with Crippen LogP contribution in [0.4, 0.5) is 9.59 Å². The van der Waals surface area contributed by atoms with Crippen molar-refractivity contribution < 1.29 is 19.1 Å². The summed E-state index contributed by atoms with van der Waals surface area (Å²) in [5, 5.41) is 5.28. The third-order valence-corrected chi connectivity index (χ3v) is 3.30. The summed E-state index contributed by atoms with van der Waals surface area (Å²) < 4.78 is 10.4. The predicted octanol–water partition coefficient (Wildman–Crippen LogP) is 2.92. The fourth-order valence-corrected chi connectivity index (χ4v) is 2.42. The lowest BCUT2D eigenvalue weighted by atomic mass is 10.1. The maximum atomic E-state index is 11.9. The zero-order valence-corrected chi connectivity index (χ0v) is 13.4. The van der Waals surface area contributed by atoms with Crippen LogP contribution in [0.1, 0.15) is 44.4 Å². The number of benzene rings is 1. The summed E-state index contributed by atoms with van der Waals surface area (Å²) in [7, 11) is 1.51. The van der Waals surface area contributed by atoms with E-state index in [4.69, 9.17) is 9.47 Å². The molecule has 120 valence electrons. The van der Waals surface area contributed by atoms with Crippen molar-refractivity contribution in [2.24, 2.45) is 0 Å². The van der Waals surface area contributed by atoms with Gasteiger partial charge in [-0.05, 0) is 56.9 Å². The van der Waals surface area contributed by atoms with Crippen molar-refractivity contribution in [1.82, 2.24) is 10.6 Å². The summed E-state index contributed by atoms with van der Waals surface area (Å²) in [6.45, 7) is 5.49. The van der Waals surface area contributed by atoms with Gasteiger partial charge < -0.3 is 20.1 Å². The van der Waals surface area contributed by atoms with Gasteiger partial charge >= 0.3 is 12.2 Å². The van der Waals surface area contributed by atoms with Gasteiger partial charge in [0.15, 0.2) is 0 Å². The second-order valence-corrected chi connectivity index (χ2v) is 6.24. The molecule has 0 aliphatic heterocycles. The first-order chi connectivity index (χ1) is 10.3. The van der Waals surface area contributed by atoms with E-state index in [1.54, 1.807) is 6.07 Å². The first-order valence-electron chi connectivity index (χ1n) is 7.30. The molecular weight excluding hydrogens is 284 g/mol. The predicted molar refractivity (Wildman–Crippen MR) is 82.0 cm³/mol. The summed E-state index contributed by atoms with van der Waals surface area (Å²) in [5.41, 5.74) is 1.59. The van der Waals surface area contributed by atoms with E-state index in [1.807, 2.05) is 32.9 Å². The number of nitrogens with one attached hydrogen (secondary N) is 2. The largest absolute Gasteiger partial charge is 0.444 e. The molecule has 0 spiro atoms. The highest BCUT2D eigenvalue weighted by molar-refractivity contribution is 5.70. The molecule has 6 heteroatoms. The molecule has 0 saturated heterocycles. The fraction of sp³-hybridized carbons (Fsp3) is 0.500. The van der Waals surface area contributed by atoms with E-state index in [2.05, 4.69) is 10.6 Å². The third kappa shape index (κ3) is 4.13. The van der Waals surface area contributed by atoms with Gasteiger partial charge in [0.05, 0.1) is 6.04 Å². The Labute approximate surface area is 130 Å². The summed E-state index contributed by atoms with van der Waals surface area (Å²) in [4.78, 5) is 23.1. The molecule has 1 atom stereocenters. The number of alkyl carbamates (subject to hydrolysis) is 1. The summed E-state index contributed by atoms with van der Waals surface area (Å²) in [5.74, 6) is 0.496. The molecule has 2 rings (SSSR count). The van der Waals surface area contributed by atoms with Crippen molar-refractivity contribution in [3.05, 3.63) is 29.3 Å². The molecule has 0 heterocycles. The monoisotopic (exact) mass is 306 g/mol. The Bertz CT molecular complexity index is 578. The fourth-order valence-electron chi connectivity index (χ4n) is 2.42. The topological polar surface area (TPSA) is 76.7 Å². The van der Waals surface area contributed by atoms with Gasteiger partial charge in [0, 0.05) is 7.05 Å². The van der Waals surface area contributed by atoms with Gasteiger partial charge in [-0.2, -0.15) is 0 Å². The van der Waals surface area contributed by atoms with Crippen LogP contribution in [0.15, 0.2) is 18.2 Å². The second-order valence-electron chi connectivity index (χ2n) is 6.24. The minimum absolute atomic E-state index is 0.0705. The van der Waals surface area contributed by atoms with E-state index in [0.717, 1.165) is 24.0 Å². The summed E-state index contributed by atoms with van der Waals surface area (Å²) in [6.07, 6.45) is 0.705. The molecule has 1 aromatic rings. The second kappa shape index (κ2) is 6.25. The van der Waals surface area contributed by atoms with Crippen LogP contribution in [0, 0.1) is 0 Å². The Morgan fingerprint density at radius 1 is 1.23 bits per heavy atom. The van der Waals surface area contributed by atoms with E-state index < -0.39 is 17.8 Å². The van der Waals surface area contributed by atoms with Gasteiger partial charge in [-0.1, -0.05) is 6.07 Å². The molecule has 0 aromatic heterocycles. The van der Waals surface area contributed by atoms with Crippen LogP contribution in [-0.2, 0) is 11.2 Å². The Morgan fingerprint density at radius 3 is 2.59 bits per heavy atom. The highest BCUT2D eigenvalue weighted by atomic mass is 16.6. The molecular formula is C16H22N2O4. The van der Waals surface area contributed by atoms with Crippen LogP contribution >= 0.6 is 0 Å². The van der Waals surface area contributed by atoms with Crippen molar-refractivity contribution >= 4 is 12.2 Å². The molecule has 1 aliphatic rings. The lowest BCUT2D eigenvalue weighted by Gasteiger charge is -2.22. The number of hydrogen-bond donors (Lipinski definition) is 2. The van der Waals surface area contributed by atoms with Gasteiger partial charge in [-0.15, -0.1) is 0 Å². The van der Waals surface area contributed by atoms with E-state index in [1.165, 1.54) is 7.05 Å². The molecule has 1 aliphatic carbocycles. The van der Waals surface area contributed by atoms with E-state index in [9.17, 15) is 9.59 Å². The molecule has 6 nitrogen and oxygen atoms in total. The number of rotatable bonds is 2. The van der Waals surface area contributed by atoms with Gasteiger partial charge in [0.1, 0.15) is 11.4 Å². The first-order valence-corrected chi connectivity index (χ1v) is 7.30. The lowest BCUT2D eigenvalue weighted by Crippen LogP contribution is -2.34. The van der Waals surface area contributed by atoms with Crippen molar-refractivity contribution in [2.75, 3.05) is 7.05 Å². The van der Waals surface area contributed by atoms with Gasteiger partial charge in [-0.3, -0.25) is 0 Å².